The summed E-state index contributed by atoms with van der Waals surface area (Å²) in [5.74, 6) is -2.84. The van der Waals surface area contributed by atoms with Gasteiger partial charge in [0.05, 0.1) is 26.1 Å². The first-order valence-electron chi connectivity index (χ1n) is 14.2. The highest BCUT2D eigenvalue weighted by atomic mass is 16.6. The van der Waals surface area contributed by atoms with E-state index in [1.54, 1.807) is 0 Å². The summed E-state index contributed by atoms with van der Waals surface area (Å²) in [4.78, 5) is 50.8. The molecule has 0 spiro atoms. The third-order valence-electron chi connectivity index (χ3n) is 6.42. The lowest BCUT2D eigenvalue weighted by Crippen LogP contribution is -2.49. The molecule has 0 aromatic heterocycles. The lowest BCUT2D eigenvalue weighted by atomic mass is 10.1. The molecule has 0 saturated carbocycles. The van der Waals surface area contributed by atoms with Gasteiger partial charge in [-0.15, -0.1) is 0 Å². The molecule has 1 aliphatic rings. The molecule has 0 radical (unpaired) electrons. The van der Waals surface area contributed by atoms with Crippen LogP contribution in [0.3, 0.4) is 0 Å². The summed E-state index contributed by atoms with van der Waals surface area (Å²) < 4.78 is 11.0. The van der Waals surface area contributed by atoms with E-state index in [9.17, 15) is 29.4 Å². The van der Waals surface area contributed by atoms with Gasteiger partial charge >= 0.3 is 11.9 Å². The average molecular weight is 541 g/mol. The predicted molar refractivity (Wildman–Crippen MR) is 143 cm³/mol. The van der Waals surface area contributed by atoms with Crippen molar-refractivity contribution in [1.82, 2.24) is 10.6 Å². The van der Waals surface area contributed by atoms with Crippen LogP contribution < -0.4 is 10.6 Å². The molecular weight excluding hydrogens is 492 g/mol. The number of allylic oxidation sites excluding steroid dienone is 1. The first-order chi connectivity index (χ1) is 18.3. The molecule has 38 heavy (non-hydrogen) atoms. The highest BCUT2D eigenvalue weighted by molar-refractivity contribution is 5.87. The van der Waals surface area contributed by atoms with Crippen LogP contribution in [0, 0.1) is 0 Å². The first-order valence-corrected chi connectivity index (χ1v) is 14.2. The van der Waals surface area contributed by atoms with Gasteiger partial charge in [0.25, 0.3) is 0 Å². The second kappa shape index (κ2) is 20.5. The van der Waals surface area contributed by atoms with Crippen LogP contribution >= 0.6 is 0 Å². The van der Waals surface area contributed by atoms with Crippen molar-refractivity contribution in [3.05, 3.63) is 12.2 Å². The molecule has 4 N–H and O–H groups in total. The quantitative estimate of drug-likeness (QED) is 0.141. The van der Waals surface area contributed by atoms with Gasteiger partial charge in [0.15, 0.2) is 12.1 Å². The van der Waals surface area contributed by atoms with Gasteiger partial charge in [0, 0.05) is 6.42 Å². The maximum absolute atomic E-state index is 12.7. The van der Waals surface area contributed by atoms with Crippen molar-refractivity contribution in [2.24, 2.45) is 0 Å². The lowest BCUT2D eigenvalue weighted by Gasteiger charge is -2.25. The van der Waals surface area contributed by atoms with E-state index < -0.39 is 61.3 Å². The van der Waals surface area contributed by atoms with Gasteiger partial charge in [-0.25, -0.2) is 9.59 Å². The molecule has 1 aliphatic heterocycles. The van der Waals surface area contributed by atoms with Gasteiger partial charge < -0.3 is 30.3 Å². The maximum Gasteiger partial charge on any atom is 0.331 e. The largest absolute Gasteiger partial charge is 0.460 e. The maximum atomic E-state index is 12.7. The Morgan fingerprint density at radius 1 is 0.711 bits per heavy atom. The van der Waals surface area contributed by atoms with Gasteiger partial charge in [-0.3, -0.25) is 9.59 Å². The third-order valence-corrected chi connectivity index (χ3v) is 6.42. The number of amides is 2. The number of cyclic esters (lactones) is 2. The number of rotatable bonds is 15. The third kappa shape index (κ3) is 14.5. The minimum Gasteiger partial charge on any atom is -0.460 e. The normalized spacial score (nSPS) is 23.9. The molecule has 218 valence electrons. The molecule has 10 heteroatoms. The number of unbranched alkanes of at least 4 members (excludes halogenated alkanes) is 8. The zero-order valence-electron chi connectivity index (χ0n) is 23.1. The second-order valence-electron chi connectivity index (χ2n) is 9.89. The van der Waals surface area contributed by atoms with Crippen molar-refractivity contribution >= 4 is 23.8 Å². The highest BCUT2D eigenvalue weighted by Gasteiger charge is 2.31. The van der Waals surface area contributed by atoms with E-state index in [1.165, 1.54) is 0 Å². The van der Waals surface area contributed by atoms with E-state index in [0.29, 0.717) is 6.42 Å². The number of carbonyl (C=O) groups excluding carboxylic acids is 4. The fourth-order valence-corrected chi connectivity index (χ4v) is 4.18. The molecule has 0 bridgehead atoms. The number of esters is 2. The summed E-state index contributed by atoms with van der Waals surface area (Å²) in [6, 6.07) is -2.60. The van der Waals surface area contributed by atoms with Crippen molar-refractivity contribution in [2.75, 3.05) is 13.2 Å². The minimum atomic E-state index is -1.31. The van der Waals surface area contributed by atoms with Crippen LogP contribution in [-0.2, 0) is 28.7 Å². The summed E-state index contributed by atoms with van der Waals surface area (Å²) in [7, 11) is 0. The van der Waals surface area contributed by atoms with Crippen LogP contribution in [0.25, 0.3) is 0 Å². The Labute approximate surface area is 226 Å². The summed E-state index contributed by atoms with van der Waals surface area (Å²) in [5, 5.41) is 24.3. The first kappa shape index (κ1) is 33.6. The smallest absolute Gasteiger partial charge is 0.331 e. The van der Waals surface area contributed by atoms with Crippen molar-refractivity contribution in [1.29, 1.82) is 0 Å². The Morgan fingerprint density at radius 2 is 1.21 bits per heavy atom. The number of nitrogens with one attached hydrogen (secondary N) is 2. The van der Waals surface area contributed by atoms with Crippen LogP contribution in [0.2, 0.25) is 0 Å². The van der Waals surface area contributed by atoms with Crippen LogP contribution in [-0.4, -0.2) is 71.5 Å². The summed E-state index contributed by atoms with van der Waals surface area (Å²) in [5.41, 5.74) is 0. The number of carbonyl (C=O) groups is 4. The van der Waals surface area contributed by atoms with Crippen molar-refractivity contribution in [3.8, 4) is 0 Å². The molecule has 2 amide bonds. The Bertz CT molecular complexity index is 742. The molecular formula is C28H48N2O8. The predicted octanol–water partition coefficient (Wildman–Crippen LogP) is 2.84. The van der Waals surface area contributed by atoms with Gasteiger partial charge in [-0.2, -0.15) is 0 Å². The molecule has 1 saturated heterocycles. The van der Waals surface area contributed by atoms with Crippen molar-refractivity contribution in [2.45, 2.75) is 128 Å². The van der Waals surface area contributed by atoms with Crippen molar-refractivity contribution in [3.63, 3.8) is 0 Å². The van der Waals surface area contributed by atoms with E-state index in [0.717, 1.165) is 64.2 Å². The zero-order chi connectivity index (χ0) is 28.2. The summed E-state index contributed by atoms with van der Waals surface area (Å²) in [6.07, 6.45) is 12.4. The van der Waals surface area contributed by atoms with Gasteiger partial charge in [-0.05, 0) is 25.7 Å². The topological polar surface area (TPSA) is 151 Å². The Hall–Kier alpha value is -2.46. The van der Waals surface area contributed by atoms with E-state index in [-0.39, 0.29) is 19.3 Å². The monoisotopic (exact) mass is 540 g/mol. The number of hydrogen-bond acceptors (Lipinski definition) is 8. The highest BCUT2D eigenvalue weighted by Crippen LogP contribution is 2.15. The minimum absolute atomic E-state index is 0.223. The van der Waals surface area contributed by atoms with Gasteiger partial charge in [0.1, 0.15) is 12.2 Å². The molecule has 1 fully saturated rings. The average Bonchev–Trinajstić information content (AvgIpc) is 2.88. The summed E-state index contributed by atoms with van der Waals surface area (Å²) >= 11 is 0. The fraction of sp³-hybridized carbons (Fsp3) is 0.786. The second-order valence-corrected chi connectivity index (χ2v) is 9.89. The molecule has 4 atom stereocenters. The summed E-state index contributed by atoms with van der Waals surface area (Å²) in [6.45, 7) is 2.89. The molecule has 10 nitrogen and oxygen atoms in total. The van der Waals surface area contributed by atoms with Crippen molar-refractivity contribution < 1.29 is 38.9 Å². The Balaban J connectivity index is 2.95. The van der Waals surface area contributed by atoms with Gasteiger partial charge in [0.2, 0.25) is 11.8 Å². The van der Waals surface area contributed by atoms with Gasteiger partial charge in [-0.1, -0.05) is 70.9 Å². The van der Waals surface area contributed by atoms with E-state index in [4.69, 9.17) is 9.47 Å². The molecule has 0 unspecified atom stereocenters. The van der Waals surface area contributed by atoms with Crippen LogP contribution in [0.1, 0.15) is 104 Å². The lowest BCUT2D eigenvalue weighted by molar-refractivity contribution is -0.160. The van der Waals surface area contributed by atoms with Crippen LogP contribution in [0.15, 0.2) is 12.2 Å². The molecule has 0 aliphatic carbocycles. The number of aliphatic hydroxyl groups is 2. The number of ether oxygens (including phenoxy) is 2. The fourth-order valence-electron chi connectivity index (χ4n) is 4.18. The standard InChI is InChI=1S/C28H48N2O8/c1-3-5-7-9-10-12-14-16-22-18-26(34)30-23(19-31)27(35)37-21(15-13-11-8-6-4-2)17-25(33)29-24(20-32)28(36)38-22/h12,14,21-24,31-32H,3-11,13,15-20H2,1-2H3,(H,29,33)(H,30,34)/b14-12+/t21-,22+,23-,24-/m0/s1. The molecule has 1 rings (SSSR count). The SMILES string of the molecule is CCCCCC/C=C/C[C@@H]1CC(=O)N[C@@H](CO)C(=O)O[C@@H](CCCCCCC)CC(=O)N[C@@H](CO)C(=O)O1. The molecule has 0 aromatic carbocycles. The molecule has 1 heterocycles. The van der Waals surface area contributed by atoms with E-state index in [1.807, 2.05) is 12.2 Å². The Kier molecular flexibility index (Phi) is 18.1. The zero-order valence-corrected chi connectivity index (χ0v) is 23.1. The molecule has 0 aromatic rings. The van der Waals surface area contributed by atoms with E-state index in [2.05, 4.69) is 24.5 Å². The van der Waals surface area contributed by atoms with Crippen LogP contribution in [0.5, 0.6) is 0 Å². The Morgan fingerprint density at radius 3 is 1.76 bits per heavy atom. The van der Waals surface area contributed by atoms with Crippen LogP contribution in [0.4, 0.5) is 0 Å². The van der Waals surface area contributed by atoms with E-state index >= 15 is 0 Å². The number of hydrogen-bond donors (Lipinski definition) is 4. The number of aliphatic hydroxyl groups excluding tert-OH is 2.